The molecule has 11 heavy (non-hydrogen) atoms. The smallest absolute Gasteiger partial charge is 0.0437 e. The van der Waals surface area contributed by atoms with Crippen LogP contribution >= 0.6 is 11.6 Å². The van der Waals surface area contributed by atoms with Gasteiger partial charge in [-0.25, -0.2) is 0 Å². The van der Waals surface area contributed by atoms with E-state index in [1.807, 2.05) is 18.2 Å². The van der Waals surface area contributed by atoms with Crippen molar-refractivity contribution in [1.29, 1.82) is 0 Å². The highest BCUT2D eigenvalue weighted by atomic mass is 35.5. The van der Waals surface area contributed by atoms with Crippen LogP contribution in [0.5, 0.6) is 0 Å². The zero-order valence-electron chi connectivity index (χ0n) is 6.52. The van der Waals surface area contributed by atoms with Gasteiger partial charge in [-0.15, -0.1) is 0 Å². The molecule has 59 valence electrons. The van der Waals surface area contributed by atoms with Crippen molar-refractivity contribution in [3.8, 4) is 0 Å². The molecule has 1 aromatic rings. The third-order valence-corrected chi connectivity index (χ3v) is 2.02. The van der Waals surface area contributed by atoms with Gasteiger partial charge in [0, 0.05) is 5.02 Å². The lowest BCUT2D eigenvalue weighted by atomic mass is 10.1. The van der Waals surface area contributed by atoms with E-state index in [1.54, 1.807) is 0 Å². The highest BCUT2D eigenvalue weighted by Gasteiger charge is 1.96. The van der Waals surface area contributed by atoms with Crippen molar-refractivity contribution in [2.75, 3.05) is 0 Å². The van der Waals surface area contributed by atoms with Crippen molar-refractivity contribution >= 4 is 11.6 Å². The molecule has 0 unspecified atom stereocenters. The second-order valence-corrected chi connectivity index (χ2v) is 2.96. The van der Waals surface area contributed by atoms with Gasteiger partial charge in [-0.3, -0.25) is 0 Å². The van der Waals surface area contributed by atoms with Crippen LogP contribution < -0.4 is 0 Å². The summed E-state index contributed by atoms with van der Waals surface area (Å²) in [6.07, 6.45) is 3.14. The van der Waals surface area contributed by atoms with E-state index in [0.717, 1.165) is 24.3 Å². The van der Waals surface area contributed by atoms with Gasteiger partial charge in [-0.05, 0) is 24.5 Å². The summed E-state index contributed by atoms with van der Waals surface area (Å²) < 4.78 is 0. The van der Waals surface area contributed by atoms with Gasteiger partial charge in [0.25, 0.3) is 0 Å². The summed E-state index contributed by atoms with van der Waals surface area (Å²) in [5.74, 6) is 0. The molecular weight excluding hydrogens is 156 g/mol. The number of aryl methyl sites for hydroxylation is 1. The summed E-state index contributed by atoms with van der Waals surface area (Å²) >= 11 is 5.94. The van der Waals surface area contributed by atoms with Gasteiger partial charge in [0.05, 0.1) is 0 Å². The molecule has 0 bridgehead atoms. The summed E-state index contributed by atoms with van der Waals surface area (Å²) in [7, 11) is 0. The highest BCUT2D eigenvalue weighted by molar-refractivity contribution is 6.31. The predicted octanol–water partition coefficient (Wildman–Crippen LogP) is 3.50. The third-order valence-electron chi connectivity index (χ3n) is 1.65. The Morgan fingerprint density at radius 3 is 2.64 bits per heavy atom. The second kappa shape index (κ2) is 4.40. The lowest BCUT2D eigenvalue weighted by molar-refractivity contribution is 0.841. The number of hydrogen-bond acceptors (Lipinski definition) is 0. The molecule has 1 heteroatoms. The quantitative estimate of drug-likeness (QED) is 0.647. The van der Waals surface area contributed by atoms with E-state index in [4.69, 9.17) is 11.6 Å². The van der Waals surface area contributed by atoms with Gasteiger partial charge in [-0.2, -0.15) is 0 Å². The standard InChI is InChI=1S/C10H12Cl/c1-2-3-6-9-7-4-5-8-10(9)11/h4-5,7-8H,1-3,6H2. The minimum Gasteiger partial charge on any atom is -0.0840 e. The van der Waals surface area contributed by atoms with Gasteiger partial charge >= 0.3 is 0 Å². The van der Waals surface area contributed by atoms with Gasteiger partial charge < -0.3 is 0 Å². The van der Waals surface area contributed by atoms with Crippen molar-refractivity contribution in [3.05, 3.63) is 41.8 Å². The molecule has 0 aliphatic rings. The van der Waals surface area contributed by atoms with Crippen molar-refractivity contribution in [3.63, 3.8) is 0 Å². The van der Waals surface area contributed by atoms with Crippen LogP contribution in [0.15, 0.2) is 24.3 Å². The van der Waals surface area contributed by atoms with E-state index in [-0.39, 0.29) is 0 Å². The summed E-state index contributed by atoms with van der Waals surface area (Å²) in [5, 5.41) is 0.876. The maximum absolute atomic E-state index is 5.94. The van der Waals surface area contributed by atoms with Gasteiger partial charge in [-0.1, -0.05) is 43.1 Å². The van der Waals surface area contributed by atoms with Crippen LogP contribution in [-0.4, -0.2) is 0 Å². The van der Waals surface area contributed by atoms with Crippen LogP contribution in [-0.2, 0) is 6.42 Å². The fraction of sp³-hybridized carbons (Fsp3) is 0.300. The number of hydrogen-bond donors (Lipinski definition) is 0. The third kappa shape index (κ3) is 2.55. The molecule has 0 aromatic heterocycles. The molecular formula is C10H12Cl. The predicted molar refractivity (Wildman–Crippen MR) is 49.7 cm³/mol. The molecule has 0 spiro atoms. The number of rotatable bonds is 3. The molecule has 1 radical (unpaired) electrons. The van der Waals surface area contributed by atoms with Crippen LogP contribution in [0.4, 0.5) is 0 Å². The van der Waals surface area contributed by atoms with E-state index in [0.29, 0.717) is 0 Å². The first-order valence-corrected chi connectivity index (χ1v) is 4.25. The molecule has 0 fully saturated rings. The van der Waals surface area contributed by atoms with Gasteiger partial charge in [0.2, 0.25) is 0 Å². The van der Waals surface area contributed by atoms with Crippen molar-refractivity contribution < 1.29 is 0 Å². The average Bonchev–Trinajstić information content (AvgIpc) is 2.03. The van der Waals surface area contributed by atoms with E-state index < -0.39 is 0 Å². The van der Waals surface area contributed by atoms with Crippen molar-refractivity contribution in [2.24, 2.45) is 0 Å². The minimum atomic E-state index is 0.876. The molecule has 1 aromatic carbocycles. The Labute approximate surface area is 73.2 Å². The highest BCUT2D eigenvalue weighted by Crippen LogP contribution is 2.16. The number of benzene rings is 1. The second-order valence-electron chi connectivity index (χ2n) is 2.55. The summed E-state index contributed by atoms with van der Waals surface area (Å²) in [6, 6.07) is 7.97. The van der Waals surface area contributed by atoms with Crippen LogP contribution in [0.1, 0.15) is 18.4 Å². The number of halogens is 1. The summed E-state index contributed by atoms with van der Waals surface area (Å²) in [5.41, 5.74) is 1.23. The van der Waals surface area contributed by atoms with E-state index in [9.17, 15) is 0 Å². The monoisotopic (exact) mass is 167 g/mol. The molecule has 0 saturated carbocycles. The first-order valence-electron chi connectivity index (χ1n) is 3.87. The largest absolute Gasteiger partial charge is 0.0840 e. The molecule has 0 heterocycles. The normalized spacial score (nSPS) is 10.0. The SMILES string of the molecule is [CH2]CCCc1ccccc1Cl. The Kier molecular flexibility index (Phi) is 3.44. The first-order chi connectivity index (χ1) is 5.34. The lowest BCUT2D eigenvalue weighted by Gasteiger charge is -2.00. The first kappa shape index (κ1) is 8.61. The maximum Gasteiger partial charge on any atom is 0.0437 e. The molecule has 0 atom stereocenters. The van der Waals surface area contributed by atoms with Crippen LogP contribution in [0, 0.1) is 6.92 Å². The molecule has 0 saturated heterocycles. The molecule has 0 N–H and O–H groups in total. The Bertz CT molecular complexity index is 218. The van der Waals surface area contributed by atoms with Gasteiger partial charge in [0.15, 0.2) is 0 Å². The molecule has 0 nitrogen and oxygen atoms in total. The Balaban J connectivity index is 2.62. The van der Waals surface area contributed by atoms with E-state index >= 15 is 0 Å². The fourth-order valence-electron chi connectivity index (χ4n) is 1.02. The molecule has 0 amide bonds. The average molecular weight is 168 g/mol. The Morgan fingerprint density at radius 1 is 1.27 bits per heavy atom. The van der Waals surface area contributed by atoms with E-state index in [1.165, 1.54) is 5.56 Å². The van der Waals surface area contributed by atoms with Crippen LogP contribution in [0.3, 0.4) is 0 Å². The topological polar surface area (TPSA) is 0 Å². The molecule has 0 aliphatic carbocycles. The number of unbranched alkanes of at least 4 members (excludes halogenated alkanes) is 1. The Hall–Kier alpha value is -0.490. The van der Waals surface area contributed by atoms with Crippen molar-refractivity contribution in [1.82, 2.24) is 0 Å². The van der Waals surface area contributed by atoms with Crippen LogP contribution in [0.25, 0.3) is 0 Å². The molecule has 0 aliphatic heterocycles. The van der Waals surface area contributed by atoms with Crippen LogP contribution in [0.2, 0.25) is 5.02 Å². The molecule has 1 rings (SSSR count). The Morgan fingerprint density at radius 2 is 2.00 bits per heavy atom. The van der Waals surface area contributed by atoms with Crippen molar-refractivity contribution in [2.45, 2.75) is 19.3 Å². The van der Waals surface area contributed by atoms with E-state index in [2.05, 4.69) is 13.0 Å². The minimum absolute atomic E-state index is 0.876. The maximum atomic E-state index is 5.94. The zero-order valence-corrected chi connectivity index (χ0v) is 7.27. The summed E-state index contributed by atoms with van der Waals surface area (Å²) in [6.45, 7) is 3.79. The fourth-order valence-corrected chi connectivity index (χ4v) is 1.25. The van der Waals surface area contributed by atoms with Gasteiger partial charge in [0.1, 0.15) is 0 Å². The zero-order chi connectivity index (χ0) is 8.10. The summed E-state index contributed by atoms with van der Waals surface area (Å²) in [4.78, 5) is 0. The lowest BCUT2D eigenvalue weighted by Crippen LogP contribution is -1.84.